The molecule has 0 aromatic heterocycles. The zero-order valence-electron chi connectivity index (χ0n) is 10.8. The zero-order valence-corrected chi connectivity index (χ0v) is 12.4. The average Bonchev–Trinajstić information content (AvgIpc) is 2.38. The van der Waals surface area contributed by atoms with Gasteiger partial charge in [0, 0.05) is 17.1 Å². The lowest BCUT2D eigenvalue weighted by molar-refractivity contribution is 0.240. The van der Waals surface area contributed by atoms with Gasteiger partial charge in [-0.2, -0.15) is 0 Å². The van der Waals surface area contributed by atoms with Crippen molar-refractivity contribution in [2.45, 2.75) is 38.3 Å². The molecule has 0 bridgehead atoms. The number of aliphatic hydroxyl groups is 1. The van der Waals surface area contributed by atoms with E-state index in [9.17, 15) is 5.11 Å². The third-order valence-corrected chi connectivity index (χ3v) is 4.28. The molecule has 100 valence electrons. The molecule has 0 radical (unpaired) electrons. The number of piperidine rings is 1. The molecular formula is C14H21BrN2O. The van der Waals surface area contributed by atoms with Crippen LogP contribution in [0.15, 0.2) is 22.7 Å². The van der Waals surface area contributed by atoms with Gasteiger partial charge in [-0.3, -0.25) is 0 Å². The zero-order chi connectivity index (χ0) is 13.1. The Morgan fingerprint density at radius 2 is 2.28 bits per heavy atom. The van der Waals surface area contributed by atoms with Gasteiger partial charge in [0.15, 0.2) is 0 Å². The summed E-state index contributed by atoms with van der Waals surface area (Å²) < 4.78 is 1.07. The van der Waals surface area contributed by atoms with Gasteiger partial charge in [-0.1, -0.05) is 6.07 Å². The number of aliphatic hydroxyl groups excluding tert-OH is 1. The maximum Gasteiger partial charge on any atom is 0.0635 e. The highest BCUT2D eigenvalue weighted by Gasteiger charge is 2.23. The number of nitrogens with zero attached hydrogens (tertiary/aromatic N) is 1. The quantitative estimate of drug-likeness (QED) is 0.902. The number of hydrogen-bond acceptors (Lipinski definition) is 3. The molecule has 3 nitrogen and oxygen atoms in total. The van der Waals surface area contributed by atoms with Gasteiger partial charge in [0.1, 0.15) is 0 Å². The van der Waals surface area contributed by atoms with Gasteiger partial charge < -0.3 is 15.7 Å². The molecule has 1 aromatic rings. The van der Waals surface area contributed by atoms with Crippen LogP contribution in [-0.4, -0.2) is 24.3 Å². The van der Waals surface area contributed by atoms with E-state index in [1.54, 1.807) is 0 Å². The summed E-state index contributed by atoms with van der Waals surface area (Å²) in [7, 11) is 0. The fourth-order valence-electron chi connectivity index (χ4n) is 2.55. The van der Waals surface area contributed by atoms with E-state index in [1.807, 2.05) is 6.92 Å². The maximum absolute atomic E-state index is 9.48. The second kappa shape index (κ2) is 6.04. The summed E-state index contributed by atoms with van der Waals surface area (Å²) >= 11 is 3.63. The summed E-state index contributed by atoms with van der Waals surface area (Å²) in [6.07, 6.45) is 3.47. The SMILES string of the molecule is C[C@@H](N)c1ccc(N2CCCCC2CO)c(Br)c1. The van der Waals surface area contributed by atoms with Crippen LogP contribution in [0.4, 0.5) is 5.69 Å². The summed E-state index contributed by atoms with van der Waals surface area (Å²) in [5.41, 5.74) is 8.18. The normalized spacial score (nSPS) is 22.0. The first-order valence-electron chi connectivity index (χ1n) is 6.56. The van der Waals surface area contributed by atoms with Crippen molar-refractivity contribution >= 4 is 21.6 Å². The summed E-state index contributed by atoms with van der Waals surface area (Å²) in [4.78, 5) is 2.30. The Balaban J connectivity index is 2.26. The Kier molecular flexibility index (Phi) is 4.65. The van der Waals surface area contributed by atoms with Crippen LogP contribution in [0.3, 0.4) is 0 Å². The standard InChI is InChI=1S/C14H21BrN2O/c1-10(16)11-5-6-14(13(15)8-11)17-7-3-2-4-12(17)9-18/h5-6,8,10,12,18H,2-4,7,9,16H2,1H3/t10-,12?/m1/s1. The maximum atomic E-state index is 9.48. The van der Waals surface area contributed by atoms with Gasteiger partial charge in [-0.15, -0.1) is 0 Å². The van der Waals surface area contributed by atoms with Crippen LogP contribution in [0.25, 0.3) is 0 Å². The van der Waals surface area contributed by atoms with E-state index in [0.717, 1.165) is 28.7 Å². The van der Waals surface area contributed by atoms with Crippen LogP contribution in [0.2, 0.25) is 0 Å². The molecule has 1 heterocycles. The average molecular weight is 313 g/mol. The van der Waals surface area contributed by atoms with Crippen LogP contribution in [0.1, 0.15) is 37.8 Å². The lowest BCUT2D eigenvalue weighted by Gasteiger charge is -2.37. The molecule has 2 rings (SSSR count). The highest BCUT2D eigenvalue weighted by Crippen LogP contribution is 2.33. The van der Waals surface area contributed by atoms with Gasteiger partial charge in [-0.05, 0) is 59.8 Å². The lowest BCUT2D eigenvalue weighted by atomic mass is 10.0. The first-order valence-corrected chi connectivity index (χ1v) is 7.35. The Hall–Kier alpha value is -0.580. The highest BCUT2D eigenvalue weighted by atomic mass is 79.9. The van der Waals surface area contributed by atoms with Crippen molar-refractivity contribution in [2.24, 2.45) is 5.73 Å². The number of halogens is 1. The minimum Gasteiger partial charge on any atom is -0.394 e. The predicted molar refractivity (Wildman–Crippen MR) is 78.8 cm³/mol. The van der Waals surface area contributed by atoms with Gasteiger partial charge in [0.2, 0.25) is 0 Å². The number of benzene rings is 1. The molecule has 0 saturated carbocycles. The minimum atomic E-state index is 0.0466. The van der Waals surface area contributed by atoms with Crippen molar-refractivity contribution < 1.29 is 5.11 Å². The van der Waals surface area contributed by atoms with Crippen molar-refractivity contribution in [2.75, 3.05) is 18.1 Å². The van der Waals surface area contributed by atoms with Gasteiger partial charge >= 0.3 is 0 Å². The molecule has 0 amide bonds. The smallest absolute Gasteiger partial charge is 0.0635 e. The van der Waals surface area contributed by atoms with Crippen LogP contribution in [-0.2, 0) is 0 Å². The monoisotopic (exact) mass is 312 g/mol. The van der Waals surface area contributed by atoms with Crippen LogP contribution in [0.5, 0.6) is 0 Å². The summed E-state index contributed by atoms with van der Waals surface area (Å²) in [5, 5.41) is 9.48. The van der Waals surface area contributed by atoms with E-state index in [4.69, 9.17) is 5.73 Å². The Morgan fingerprint density at radius 1 is 1.50 bits per heavy atom. The first kappa shape index (κ1) is 13.8. The van der Waals surface area contributed by atoms with E-state index < -0.39 is 0 Å². The van der Waals surface area contributed by atoms with E-state index in [2.05, 4.69) is 39.0 Å². The fraction of sp³-hybridized carbons (Fsp3) is 0.571. The van der Waals surface area contributed by atoms with Crippen molar-refractivity contribution in [3.8, 4) is 0 Å². The van der Waals surface area contributed by atoms with E-state index >= 15 is 0 Å². The molecular weight excluding hydrogens is 292 g/mol. The number of hydrogen-bond donors (Lipinski definition) is 2. The van der Waals surface area contributed by atoms with E-state index in [0.29, 0.717) is 0 Å². The second-order valence-electron chi connectivity index (χ2n) is 5.03. The van der Waals surface area contributed by atoms with Gasteiger partial charge in [-0.25, -0.2) is 0 Å². The van der Waals surface area contributed by atoms with Crippen molar-refractivity contribution in [1.29, 1.82) is 0 Å². The van der Waals surface area contributed by atoms with E-state index in [1.165, 1.54) is 12.8 Å². The molecule has 1 aromatic carbocycles. The predicted octanol–water partition coefficient (Wildman–Crippen LogP) is 2.82. The van der Waals surface area contributed by atoms with Gasteiger partial charge in [0.05, 0.1) is 18.3 Å². The lowest BCUT2D eigenvalue weighted by Crippen LogP contribution is -2.42. The summed E-state index contributed by atoms with van der Waals surface area (Å²) in [5.74, 6) is 0. The highest BCUT2D eigenvalue weighted by molar-refractivity contribution is 9.10. The van der Waals surface area contributed by atoms with Crippen molar-refractivity contribution in [1.82, 2.24) is 0 Å². The molecule has 2 atom stereocenters. The van der Waals surface area contributed by atoms with Crippen LogP contribution in [0, 0.1) is 0 Å². The van der Waals surface area contributed by atoms with Crippen LogP contribution >= 0.6 is 15.9 Å². The third-order valence-electron chi connectivity index (χ3n) is 3.64. The van der Waals surface area contributed by atoms with Gasteiger partial charge in [0.25, 0.3) is 0 Å². The number of anilines is 1. The molecule has 1 saturated heterocycles. The second-order valence-corrected chi connectivity index (χ2v) is 5.88. The Labute approximate surface area is 117 Å². The van der Waals surface area contributed by atoms with E-state index in [-0.39, 0.29) is 18.7 Å². The molecule has 0 aliphatic carbocycles. The molecule has 1 unspecified atom stereocenters. The topological polar surface area (TPSA) is 49.5 Å². The Bertz CT molecular complexity index is 409. The summed E-state index contributed by atoms with van der Waals surface area (Å²) in [6, 6.07) is 6.56. The van der Waals surface area contributed by atoms with Crippen LogP contribution < -0.4 is 10.6 Å². The molecule has 1 aliphatic rings. The molecule has 0 spiro atoms. The number of nitrogens with two attached hydrogens (primary N) is 1. The largest absolute Gasteiger partial charge is 0.394 e. The molecule has 18 heavy (non-hydrogen) atoms. The molecule has 1 fully saturated rings. The fourth-order valence-corrected chi connectivity index (χ4v) is 3.17. The molecule has 4 heteroatoms. The Morgan fingerprint density at radius 3 is 2.89 bits per heavy atom. The first-order chi connectivity index (χ1) is 8.63. The van der Waals surface area contributed by atoms with Crippen molar-refractivity contribution in [3.63, 3.8) is 0 Å². The third kappa shape index (κ3) is 2.87. The van der Waals surface area contributed by atoms with Crippen molar-refractivity contribution in [3.05, 3.63) is 28.2 Å². The minimum absolute atomic E-state index is 0.0466. The summed E-state index contributed by atoms with van der Waals surface area (Å²) in [6.45, 7) is 3.22. The molecule has 3 N–H and O–H groups in total. The number of rotatable bonds is 3. The molecule has 1 aliphatic heterocycles.